The minimum absolute atomic E-state index is 0.104. The van der Waals surface area contributed by atoms with Gasteiger partial charge in [-0.15, -0.1) is 5.10 Å². The van der Waals surface area contributed by atoms with Gasteiger partial charge in [0.1, 0.15) is 5.82 Å². The fourth-order valence-corrected chi connectivity index (χ4v) is 6.33. The normalized spacial score (nSPS) is 20.1. The van der Waals surface area contributed by atoms with Crippen molar-refractivity contribution in [2.24, 2.45) is 5.92 Å². The molecule has 0 spiro atoms. The van der Waals surface area contributed by atoms with Gasteiger partial charge in [0.2, 0.25) is 5.82 Å². The van der Waals surface area contributed by atoms with Gasteiger partial charge in [0.25, 0.3) is 5.91 Å². The highest BCUT2D eigenvalue weighted by Gasteiger charge is 2.39. The fraction of sp³-hybridized carbons (Fsp3) is 0.484. The first kappa shape index (κ1) is 31.3. The van der Waals surface area contributed by atoms with Crippen LogP contribution in [0.3, 0.4) is 0 Å². The van der Waals surface area contributed by atoms with Crippen LogP contribution in [0.1, 0.15) is 58.9 Å². The van der Waals surface area contributed by atoms with Crippen molar-refractivity contribution in [3.8, 4) is 0 Å². The van der Waals surface area contributed by atoms with E-state index in [1.165, 1.54) is 11.8 Å². The molecule has 12 nitrogen and oxygen atoms in total. The third-order valence-corrected chi connectivity index (χ3v) is 8.96. The molecule has 2 aliphatic heterocycles. The Hall–Kier alpha value is -4.69. The summed E-state index contributed by atoms with van der Waals surface area (Å²) in [7, 11) is 1.32. The van der Waals surface area contributed by atoms with Crippen LogP contribution in [0.25, 0.3) is 5.65 Å². The number of fused-ring (bicyclic) bond motifs is 1. The van der Waals surface area contributed by atoms with E-state index < -0.39 is 23.2 Å². The van der Waals surface area contributed by atoms with Crippen molar-refractivity contribution in [1.29, 1.82) is 0 Å². The number of aryl methyl sites for hydroxylation is 1. The number of hydrogen-bond donors (Lipinski definition) is 0. The molecule has 0 aliphatic carbocycles. The molecule has 0 aromatic carbocycles. The molecule has 46 heavy (non-hydrogen) atoms. The zero-order valence-electron chi connectivity index (χ0n) is 26.2. The van der Waals surface area contributed by atoms with Crippen LogP contribution in [0, 0.1) is 12.8 Å². The molecule has 6 heterocycles. The molecule has 4 aromatic heterocycles. The molecule has 2 fully saturated rings. The number of anilines is 2. The average Bonchev–Trinajstić information content (AvgIpc) is 3.85. The number of esters is 1. The van der Waals surface area contributed by atoms with Gasteiger partial charge in [-0.25, -0.2) is 19.3 Å². The second-order valence-corrected chi connectivity index (χ2v) is 12.2. The summed E-state index contributed by atoms with van der Waals surface area (Å²) in [6, 6.07) is 7.22. The van der Waals surface area contributed by atoms with E-state index in [0.717, 1.165) is 36.6 Å². The standard InChI is InChI=1S/C31H36F3N9O3/c1-5-39(15-21-9-11-40(16-21)25-8-6-7-24(36-25)29(45)46-4)28(44)26-37-27-20(2)13-23(18-42(27)38-26)41-12-10-30(3,19-41)43-17-22(14-35-43)31(32,33)34/h6-8,13-14,17-18,21H,5,9-12,15-16,19H2,1-4H3. The Balaban J connectivity index is 1.14. The molecule has 2 unspecified atom stereocenters. The third kappa shape index (κ3) is 5.97. The molecular weight excluding hydrogens is 603 g/mol. The van der Waals surface area contributed by atoms with Gasteiger partial charge in [0.05, 0.1) is 36.3 Å². The van der Waals surface area contributed by atoms with E-state index in [2.05, 4.69) is 30.0 Å². The number of carbonyl (C=O) groups is 2. The molecule has 0 bridgehead atoms. The van der Waals surface area contributed by atoms with Crippen LogP contribution in [0.2, 0.25) is 0 Å². The summed E-state index contributed by atoms with van der Waals surface area (Å²) < 4.78 is 47.3. The SMILES string of the molecule is CCN(CC1CCN(c2cccc(C(=O)OC)n2)C1)C(=O)c1nc2c(C)cc(N3CCC(C)(n4cc(C(F)(F)F)cn4)C3)cn2n1. The Morgan fingerprint density at radius 3 is 2.67 bits per heavy atom. The summed E-state index contributed by atoms with van der Waals surface area (Å²) in [6.45, 7) is 9.25. The van der Waals surface area contributed by atoms with E-state index >= 15 is 0 Å². The number of ether oxygens (including phenoxy) is 1. The summed E-state index contributed by atoms with van der Waals surface area (Å²) in [4.78, 5) is 40.5. The first-order chi connectivity index (χ1) is 21.9. The summed E-state index contributed by atoms with van der Waals surface area (Å²) >= 11 is 0. The quantitative estimate of drug-likeness (QED) is 0.264. The molecule has 244 valence electrons. The van der Waals surface area contributed by atoms with E-state index in [1.807, 2.05) is 39.1 Å². The summed E-state index contributed by atoms with van der Waals surface area (Å²) in [5.41, 5.74) is 1.10. The molecule has 0 N–H and O–H groups in total. The number of alkyl halides is 3. The molecule has 4 aromatic rings. The molecule has 1 amide bonds. The van der Waals surface area contributed by atoms with Crippen LogP contribution in [0.4, 0.5) is 24.7 Å². The predicted octanol–water partition coefficient (Wildman–Crippen LogP) is 4.05. The maximum atomic E-state index is 13.6. The van der Waals surface area contributed by atoms with Crippen molar-refractivity contribution in [2.75, 3.05) is 56.2 Å². The van der Waals surface area contributed by atoms with Gasteiger partial charge in [-0.3, -0.25) is 9.48 Å². The lowest BCUT2D eigenvalue weighted by atomic mass is 10.0. The first-order valence-corrected chi connectivity index (χ1v) is 15.2. The monoisotopic (exact) mass is 639 g/mol. The van der Waals surface area contributed by atoms with Crippen molar-refractivity contribution in [3.05, 3.63) is 65.5 Å². The predicted molar refractivity (Wildman–Crippen MR) is 163 cm³/mol. The number of methoxy groups -OCH3 is 1. The van der Waals surface area contributed by atoms with E-state index in [1.54, 1.807) is 21.5 Å². The molecule has 2 atom stereocenters. The molecule has 0 radical (unpaired) electrons. The van der Waals surface area contributed by atoms with Crippen LogP contribution in [-0.2, 0) is 16.5 Å². The molecular formula is C31H36F3N9O3. The number of pyridine rings is 2. The zero-order valence-corrected chi connectivity index (χ0v) is 26.2. The molecule has 15 heteroatoms. The van der Waals surface area contributed by atoms with Gasteiger partial charge in [0.15, 0.2) is 11.3 Å². The smallest absolute Gasteiger partial charge is 0.419 e. The number of carbonyl (C=O) groups excluding carboxylic acids is 2. The van der Waals surface area contributed by atoms with Crippen molar-refractivity contribution >= 4 is 29.0 Å². The van der Waals surface area contributed by atoms with Crippen molar-refractivity contribution < 1.29 is 27.5 Å². The van der Waals surface area contributed by atoms with Crippen molar-refractivity contribution in [1.82, 2.24) is 34.3 Å². The Labute approximate surface area is 263 Å². The second kappa shape index (κ2) is 11.9. The van der Waals surface area contributed by atoms with Gasteiger partial charge in [0, 0.05) is 45.5 Å². The van der Waals surface area contributed by atoms with E-state index in [0.29, 0.717) is 50.6 Å². The molecule has 2 saturated heterocycles. The van der Waals surface area contributed by atoms with E-state index in [9.17, 15) is 22.8 Å². The van der Waals surface area contributed by atoms with Crippen LogP contribution in [-0.4, -0.2) is 92.5 Å². The Morgan fingerprint density at radius 1 is 1.15 bits per heavy atom. The Kier molecular flexibility index (Phi) is 8.11. The largest absolute Gasteiger partial charge is 0.464 e. The highest BCUT2D eigenvalue weighted by molar-refractivity contribution is 5.91. The number of halogens is 3. The lowest BCUT2D eigenvalue weighted by molar-refractivity contribution is -0.137. The number of hydrogen-bond acceptors (Lipinski definition) is 9. The van der Waals surface area contributed by atoms with Crippen molar-refractivity contribution in [2.45, 2.75) is 45.3 Å². The Bertz CT molecular complexity index is 1770. The number of amides is 1. The van der Waals surface area contributed by atoms with Crippen LogP contribution < -0.4 is 9.80 Å². The lowest BCUT2D eigenvalue weighted by Gasteiger charge is -2.26. The maximum absolute atomic E-state index is 13.6. The van der Waals surface area contributed by atoms with Gasteiger partial charge in [-0.2, -0.15) is 18.3 Å². The minimum atomic E-state index is -4.45. The van der Waals surface area contributed by atoms with Crippen LogP contribution in [0.5, 0.6) is 0 Å². The summed E-state index contributed by atoms with van der Waals surface area (Å²) in [5, 5.41) is 8.58. The number of aromatic nitrogens is 6. The van der Waals surface area contributed by atoms with E-state index in [4.69, 9.17) is 4.74 Å². The van der Waals surface area contributed by atoms with E-state index in [-0.39, 0.29) is 23.3 Å². The molecule has 6 rings (SSSR count). The topological polar surface area (TPSA) is 114 Å². The molecule has 2 aliphatic rings. The van der Waals surface area contributed by atoms with Gasteiger partial charge in [-0.05, 0) is 63.3 Å². The third-order valence-electron chi connectivity index (χ3n) is 8.96. The average molecular weight is 640 g/mol. The minimum Gasteiger partial charge on any atom is -0.464 e. The number of nitrogens with zero attached hydrogens (tertiary/aromatic N) is 9. The fourth-order valence-electron chi connectivity index (χ4n) is 6.33. The maximum Gasteiger partial charge on any atom is 0.419 e. The van der Waals surface area contributed by atoms with Gasteiger partial charge in [-0.1, -0.05) is 6.07 Å². The zero-order chi connectivity index (χ0) is 32.8. The summed E-state index contributed by atoms with van der Waals surface area (Å²) in [6.07, 6.45) is 0.765. The Morgan fingerprint density at radius 2 is 1.96 bits per heavy atom. The van der Waals surface area contributed by atoms with Gasteiger partial charge >= 0.3 is 12.1 Å². The highest BCUT2D eigenvalue weighted by atomic mass is 19.4. The highest BCUT2D eigenvalue weighted by Crippen LogP contribution is 2.35. The van der Waals surface area contributed by atoms with Crippen LogP contribution in [0.15, 0.2) is 42.9 Å². The number of rotatable bonds is 8. The molecule has 0 saturated carbocycles. The first-order valence-electron chi connectivity index (χ1n) is 15.2. The second-order valence-electron chi connectivity index (χ2n) is 12.2. The lowest BCUT2D eigenvalue weighted by Crippen LogP contribution is -2.37. The summed E-state index contributed by atoms with van der Waals surface area (Å²) in [5.74, 6) is 0.251. The van der Waals surface area contributed by atoms with Crippen molar-refractivity contribution in [3.63, 3.8) is 0 Å². The van der Waals surface area contributed by atoms with Gasteiger partial charge < -0.3 is 19.4 Å². The van der Waals surface area contributed by atoms with Crippen LogP contribution >= 0.6 is 0 Å².